The van der Waals surface area contributed by atoms with Crippen LogP contribution in [0.25, 0.3) is 22.4 Å². The molecule has 1 unspecified atom stereocenters. The van der Waals surface area contributed by atoms with Crippen LogP contribution in [0.1, 0.15) is 25.7 Å². The normalized spacial score (nSPS) is 20.3. The van der Waals surface area contributed by atoms with Gasteiger partial charge in [-0.15, -0.1) is 0 Å². The highest BCUT2D eigenvalue weighted by Gasteiger charge is 2.41. The molecule has 1 aromatic heterocycles. The lowest BCUT2D eigenvalue weighted by atomic mass is 10.2. The molecule has 0 bridgehead atoms. The van der Waals surface area contributed by atoms with Gasteiger partial charge in [0.1, 0.15) is 11.9 Å². The topological polar surface area (TPSA) is 86.4 Å². The predicted octanol–water partition coefficient (Wildman–Crippen LogP) is 3.01. The first kappa shape index (κ1) is 19.3. The zero-order chi connectivity index (χ0) is 20.7. The van der Waals surface area contributed by atoms with Crippen LogP contribution in [0.4, 0.5) is 0 Å². The minimum atomic E-state index is -3.77. The van der Waals surface area contributed by atoms with Crippen molar-refractivity contribution in [1.82, 2.24) is 19.2 Å². The Labute approximate surface area is 175 Å². The number of amides is 1. The molecule has 30 heavy (non-hydrogen) atoms. The number of rotatable bonds is 4. The molecule has 156 valence electrons. The average Bonchev–Trinajstić information content (AvgIpc) is 3.53. The first-order valence-electron chi connectivity index (χ1n) is 10.4. The molecule has 8 heteroatoms. The van der Waals surface area contributed by atoms with Crippen molar-refractivity contribution in [3.8, 4) is 11.4 Å². The fourth-order valence-electron chi connectivity index (χ4n) is 4.44. The molecule has 2 saturated heterocycles. The molecule has 1 amide bonds. The smallest absolute Gasteiger partial charge is 0.243 e. The molecule has 0 spiro atoms. The molecule has 5 rings (SSSR count). The fourth-order valence-corrected chi connectivity index (χ4v) is 6.12. The Kier molecular flexibility index (Phi) is 4.83. The minimum absolute atomic E-state index is 0.0532. The summed E-state index contributed by atoms with van der Waals surface area (Å²) in [4.78, 5) is 22.7. The summed E-state index contributed by atoms with van der Waals surface area (Å²) in [6.07, 6.45) is 3.27. The quantitative estimate of drug-likeness (QED) is 0.698. The second-order valence-electron chi connectivity index (χ2n) is 7.94. The average molecular weight is 425 g/mol. The lowest BCUT2D eigenvalue weighted by molar-refractivity contribution is -0.133. The van der Waals surface area contributed by atoms with Gasteiger partial charge in [0, 0.05) is 25.2 Å². The Morgan fingerprint density at radius 3 is 2.53 bits per heavy atom. The van der Waals surface area contributed by atoms with E-state index in [0.717, 1.165) is 31.5 Å². The summed E-state index contributed by atoms with van der Waals surface area (Å²) >= 11 is 0. The Balaban J connectivity index is 1.46. The summed E-state index contributed by atoms with van der Waals surface area (Å²) in [5.74, 6) is 0.644. The van der Waals surface area contributed by atoms with Crippen LogP contribution in [0, 0.1) is 0 Å². The number of aromatic nitrogens is 2. The number of fused-ring (bicyclic) bond motifs is 1. The maximum Gasteiger partial charge on any atom is 0.243 e. The molecule has 2 fully saturated rings. The van der Waals surface area contributed by atoms with Crippen molar-refractivity contribution < 1.29 is 13.2 Å². The number of carbonyl (C=O) groups excluding carboxylic acids is 1. The third kappa shape index (κ3) is 3.30. The van der Waals surface area contributed by atoms with Gasteiger partial charge < -0.3 is 9.88 Å². The van der Waals surface area contributed by atoms with Crippen molar-refractivity contribution >= 4 is 27.0 Å². The van der Waals surface area contributed by atoms with Crippen molar-refractivity contribution in [3.05, 3.63) is 48.5 Å². The second kappa shape index (κ2) is 7.52. The number of carbonyl (C=O) groups is 1. The third-order valence-electron chi connectivity index (χ3n) is 6.01. The zero-order valence-corrected chi connectivity index (χ0v) is 17.4. The maximum atomic E-state index is 13.4. The number of imidazole rings is 1. The van der Waals surface area contributed by atoms with Gasteiger partial charge in [-0.1, -0.05) is 30.3 Å². The van der Waals surface area contributed by atoms with Crippen LogP contribution in [-0.2, 0) is 14.8 Å². The third-order valence-corrected chi connectivity index (χ3v) is 7.92. The Morgan fingerprint density at radius 1 is 1.00 bits per heavy atom. The Morgan fingerprint density at radius 2 is 1.77 bits per heavy atom. The van der Waals surface area contributed by atoms with Gasteiger partial charge in [-0.3, -0.25) is 4.79 Å². The fraction of sp³-hybridized carbons (Fsp3) is 0.364. The molecular weight excluding hydrogens is 400 g/mol. The van der Waals surface area contributed by atoms with Crippen LogP contribution in [0.2, 0.25) is 0 Å². The van der Waals surface area contributed by atoms with Gasteiger partial charge in [0.05, 0.1) is 15.9 Å². The van der Waals surface area contributed by atoms with Crippen LogP contribution in [0.15, 0.2) is 53.4 Å². The molecule has 7 nitrogen and oxygen atoms in total. The van der Waals surface area contributed by atoms with E-state index in [1.165, 1.54) is 4.31 Å². The van der Waals surface area contributed by atoms with Crippen molar-refractivity contribution in [2.24, 2.45) is 0 Å². The van der Waals surface area contributed by atoms with E-state index < -0.39 is 16.1 Å². The van der Waals surface area contributed by atoms with Crippen LogP contribution >= 0.6 is 0 Å². The molecule has 3 aromatic rings. The number of aromatic amines is 1. The number of sulfonamides is 1. The standard InChI is InChI=1S/C22H24N4O3S/c27-22(25-12-4-5-13-25)20-9-6-14-26(20)30(28,29)17-10-11-18-19(15-17)24-21(23-18)16-7-2-1-3-8-16/h1-3,7-8,10-11,15,20H,4-6,9,12-14H2,(H,23,24). The number of hydrogen-bond donors (Lipinski definition) is 1. The summed E-state index contributed by atoms with van der Waals surface area (Å²) in [7, 11) is -3.77. The van der Waals surface area contributed by atoms with Gasteiger partial charge in [-0.25, -0.2) is 13.4 Å². The number of nitrogens with zero attached hydrogens (tertiary/aromatic N) is 3. The van der Waals surface area contributed by atoms with E-state index in [0.29, 0.717) is 36.2 Å². The molecular formula is C22H24N4O3S. The van der Waals surface area contributed by atoms with Crippen LogP contribution in [0.3, 0.4) is 0 Å². The number of likely N-dealkylation sites (tertiary alicyclic amines) is 1. The number of nitrogens with one attached hydrogen (secondary N) is 1. The van der Waals surface area contributed by atoms with E-state index in [-0.39, 0.29) is 10.8 Å². The first-order chi connectivity index (χ1) is 14.5. The number of H-pyrrole nitrogens is 1. The lowest BCUT2D eigenvalue weighted by Crippen LogP contribution is -2.46. The van der Waals surface area contributed by atoms with Crippen molar-refractivity contribution in [2.75, 3.05) is 19.6 Å². The van der Waals surface area contributed by atoms with Crippen molar-refractivity contribution in [2.45, 2.75) is 36.6 Å². The van der Waals surface area contributed by atoms with Gasteiger partial charge in [0.15, 0.2) is 0 Å². The molecule has 3 heterocycles. The van der Waals surface area contributed by atoms with E-state index in [4.69, 9.17) is 0 Å². The van der Waals surface area contributed by atoms with Gasteiger partial charge in [0.2, 0.25) is 15.9 Å². The summed E-state index contributed by atoms with van der Waals surface area (Å²) in [5, 5.41) is 0. The highest BCUT2D eigenvalue weighted by Crippen LogP contribution is 2.30. The van der Waals surface area contributed by atoms with Gasteiger partial charge >= 0.3 is 0 Å². The summed E-state index contributed by atoms with van der Waals surface area (Å²) in [6, 6.07) is 14.0. The highest BCUT2D eigenvalue weighted by atomic mass is 32.2. The second-order valence-corrected chi connectivity index (χ2v) is 9.83. The van der Waals surface area contributed by atoms with Crippen molar-refractivity contribution in [1.29, 1.82) is 0 Å². The summed E-state index contributed by atoms with van der Waals surface area (Å²) < 4.78 is 28.2. The van der Waals surface area contributed by atoms with Crippen LogP contribution < -0.4 is 0 Å². The molecule has 1 N–H and O–H groups in total. The minimum Gasteiger partial charge on any atom is -0.341 e. The number of hydrogen-bond acceptors (Lipinski definition) is 4. The van der Waals surface area contributed by atoms with Gasteiger partial charge in [0.25, 0.3) is 0 Å². The van der Waals surface area contributed by atoms with E-state index in [2.05, 4.69) is 9.97 Å². The van der Waals surface area contributed by atoms with Gasteiger partial charge in [-0.05, 0) is 43.9 Å². The zero-order valence-electron chi connectivity index (χ0n) is 16.6. The van der Waals surface area contributed by atoms with Crippen LogP contribution in [-0.4, -0.2) is 59.2 Å². The monoisotopic (exact) mass is 424 g/mol. The molecule has 2 aliphatic rings. The molecule has 2 aromatic carbocycles. The molecule has 2 aliphatic heterocycles. The Bertz CT molecular complexity index is 1180. The molecule has 0 saturated carbocycles. The van der Waals surface area contributed by atoms with Crippen molar-refractivity contribution in [3.63, 3.8) is 0 Å². The summed E-state index contributed by atoms with van der Waals surface area (Å²) in [6.45, 7) is 1.83. The highest BCUT2D eigenvalue weighted by molar-refractivity contribution is 7.89. The largest absolute Gasteiger partial charge is 0.341 e. The Hall–Kier alpha value is -2.71. The predicted molar refractivity (Wildman–Crippen MR) is 114 cm³/mol. The molecule has 0 aliphatic carbocycles. The van der Waals surface area contributed by atoms with Gasteiger partial charge in [-0.2, -0.15) is 4.31 Å². The maximum absolute atomic E-state index is 13.4. The van der Waals surface area contributed by atoms with E-state index in [9.17, 15) is 13.2 Å². The SMILES string of the molecule is O=C(C1CCCN1S(=O)(=O)c1ccc2nc(-c3ccccc3)[nH]c2c1)N1CCCC1. The molecule has 0 radical (unpaired) electrons. The van der Waals surface area contributed by atoms with E-state index in [1.54, 1.807) is 18.2 Å². The summed E-state index contributed by atoms with van der Waals surface area (Å²) in [5.41, 5.74) is 2.31. The van der Waals surface area contributed by atoms with E-state index in [1.807, 2.05) is 35.2 Å². The van der Waals surface area contributed by atoms with E-state index >= 15 is 0 Å². The van der Waals surface area contributed by atoms with Crippen LogP contribution in [0.5, 0.6) is 0 Å². The lowest BCUT2D eigenvalue weighted by Gasteiger charge is -2.27. The first-order valence-corrected chi connectivity index (χ1v) is 11.8. The number of benzene rings is 2. The molecule has 1 atom stereocenters.